The zero-order chi connectivity index (χ0) is 110. The molecule has 5 aromatic rings. The monoisotopic (exact) mass is 2170 g/mol. The first-order valence-corrected chi connectivity index (χ1v) is 53.5. The fourth-order valence-electron chi connectivity index (χ4n) is 18.6. The molecule has 14 rings (SSSR count). The molecule has 51 nitrogen and oxygen atoms in total. The number of aromatic nitrogens is 1. The summed E-state index contributed by atoms with van der Waals surface area (Å²) in [4.78, 5) is 217. The molecule has 0 spiro atoms. The predicted octanol–water partition coefficient (Wildman–Crippen LogP) is -3.00. The van der Waals surface area contributed by atoms with Crippen LogP contribution in [-0.4, -0.2) is 364 Å². The lowest BCUT2D eigenvalue weighted by Gasteiger charge is -2.42. The van der Waals surface area contributed by atoms with Crippen LogP contribution < -0.4 is 69.5 Å². The maximum Gasteiger partial charge on any atom is 0.526 e. The van der Waals surface area contributed by atoms with E-state index in [0.29, 0.717) is 77.4 Å². The highest BCUT2D eigenvalue weighted by Crippen LogP contribution is 2.42. The summed E-state index contributed by atoms with van der Waals surface area (Å²) in [5, 5.41) is 77.4. The molecular formula is C91H122B4ClN19O32S3. The fraction of sp³-hybridized carbons (Fsp3) is 0.505. The summed E-state index contributed by atoms with van der Waals surface area (Å²) in [5.74, 6) is -12.4. The van der Waals surface area contributed by atoms with Crippen molar-refractivity contribution >= 4 is 165 Å². The summed E-state index contributed by atoms with van der Waals surface area (Å²) < 4.78 is 102. The second-order valence-corrected chi connectivity index (χ2v) is 41.9. The summed E-state index contributed by atoms with van der Waals surface area (Å²) >= 11 is 6.06. The van der Waals surface area contributed by atoms with Crippen molar-refractivity contribution in [2.45, 2.75) is 154 Å². The van der Waals surface area contributed by atoms with Crippen LogP contribution in [0.3, 0.4) is 0 Å². The Kier molecular flexibility index (Phi) is 40.3. The van der Waals surface area contributed by atoms with E-state index >= 15 is 0 Å². The van der Waals surface area contributed by atoms with Crippen LogP contribution in [0, 0.1) is 45.4 Å². The zero-order valence-electron chi connectivity index (χ0n) is 83.8. The van der Waals surface area contributed by atoms with E-state index in [1.807, 2.05) is 99.1 Å². The lowest BCUT2D eigenvalue weighted by atomic mass is 9.63. The first kappa shape index (κ1) is 118. The molecule has 5 fully saturated rings. The van der Waals surface area contributed by atoms with Crippen molar-refractivity contribution in [2.24, 2.45) is 33.2 Å². The number of aliphatic hydroxyl groups is 1. The number of ketones is 4. The van der Waals surface area contributed by atoms with Crippen LogP contribution in [0.1, 0.15) is 110 Å². The fourth-order valence-corrected chi connectivity index (χ4v) is 20.6. The van der Waals surface area contributed by atoms with Gasteiger partial charge in [-0.05, 0) is 138 Å². The third kappa shape index (κ3) is 29.2. The van der Waals surface area contributed by atoms with Crippen LogP contribution >= 0.6 is 11.6 Å². The Morgan fingerprint density at radius 1 is 0.433 bits per heavy atom. The van der Waals surface area contributed by atoms with E-state index in [0.717, 1.165) is 58.6 Å². The maximum absolute atomic E-state index is 13.5. The number of ether oxygens (including phenoxy) is 1. The number of carbonyl (C=O) groups is 16. The molecule has 17 N–H and O–H groups in total. The van der Waals surface area contributed by atoms with Gasteiger partial charge in [0, 0.05) is 184 Å². The largest absolute Gasteiger partial charge is 0.536 e. The number of methoxy groups -OCH3 is 1. The topological polar surface area (TPSA) is 715 Å². The Hall–Kier alpha value is -12.7. The Morgan fingerprint density at radius 2 is 0.740 bits per heavy atom. The van der Waals surface area contributed by atoms with Gasteiger partial charge < -0.3 is 89.4 Å². The van der Waals surface area contributed by atoms with Crippen molar-refractivity contribution in [2.75, 3.05) is 124 Å². The van der Waals surface area contributed by atoms with E-state index in [-0.39, 0.29) is 122 Å². The number of amides is 16. The molecule has 0 bridgehead atoms. The van der Waals surface area contributed by atoms with Crippen LogP contribution in [-0.2, 0) is 114 Å². The van der Waals surface area contributed by atoms with Gasteiger partial charge in [-0.1, -0.05) is 72.8 Å². The first-order valence-electron chi connectivity index (χ1n) is 48.3. The van der Waals surface area contributed by atoms with Gasteiger partial charge in [0.1, 0.15) is 34.8 Å². The van der Waals surface area contributed by atoms with Gasteiger partial charge in [0.05, 0.1) is 37.1 Å². The zero-order valence-corrected chi connectivity index (χ0v) is 87.0. The number of aliphatic hydroxyl groups excluding tert-OH is 1. The summed E-state index contributed by atoms with van der Waals surface area (Å²) in [6.45, 7) is 14.0. The molecule has 10 atom stereocenters. The number of fused-ring (bicyclic) bond motifs is 4. The van der Waals surface area contributed by atoms with Crippen molar-refractivity contribution < 1.29 is 151 Å². The Balaban J connectivity index is 0.000000190. The number of para-hydroxylation sites is 4. The minimum Gasteiger partial charge on any atom is -0.536 e. The maximum atomic E-state index is 13.5. The summed E-state index contributed by atoms with van der Waals surface area (Å²) in [6.07, 6.45) is 1.95. The number of hydrogen-bond acceptors (Lipinski definition) is 33. The molecule has 1 aromatic heterocycles. The van der Waals surface area contributed by atoms with Gasteiger partial charge in [-0.25, -0.2) is 44.0 Å². The smallest absolute Gasteiger partial charge is 0.526 e. The number of aryl methyl sites for hydroxylation is 4. The Morgan fingerprint density at radius 3 is 1.03 bits per heavy atom. The average molecular weight is 2170 g/mol. The predicted molar refractivity (Wildman–Crippen MR) is 537 cm³/mol. The molecule has 5 saturated heterocycles. The highest BCUT2D eigenvalue weighted by molar-refractivity contribution is 7.87. The van der Waals surface area contributed by atoms with E-state index in [9.17, 15) is 127 Å². The molecule has 59 heteroatoms. The van der Waals surface area contributed by atoms with Crippen LogP contribution in [0.2, 0.25) is 23.3 Å². The second-order valence-electron chi connectivity index (χ2n) is 37.2. The number of nitrogens with two attached hydrogens (primary N) is 3. The second kappa shape index (κ2) is 51.4. The van der Waals surface area contributed by atoms with Crippen molar-refractivity contribution in [3.05, 3.63) is 141 Å². The van der Waals surface area contributed by atoms with E-state index in [1.54, 1.807) is 39.8 Å². The van der Waals surface area contributed by atoms with Gasteiger partial charge >= 0.3 is 99.9 Å². The minimum absolute atomic E-state index is 0.00646. The van der Waals surface area contributed by atoms with Crippen molar-refractivity contribution in [3.8, 4) is 28.7 Å². The molecule has 0 saturated carbocycles. The number of urea groups is 4. The van der Waals surface area contributed by atoms with E-state index in [2.05, 4.69) is 31.0 Å². The number of piperazine rings is 4. The highest BCUT2D eigenvalue weighted by Gasteiger charge is 2.51. The van der Waals surface area contributed by atoms with Gasteiger partial charge in [0.25, 0.3) is 30.6 Å². The summed E-state index contributed by atoms with van der Waals surface area (Å²) in [7, 11) is -15.9. The molecular weight excluding hydrogens is 2050 g/mol. The Labute approximate surface area is 871 Å². The van der Waals surface area contributed by atoms with Gasteiger partial charge in [0.15, 0.2) is 23.1 Å². The van der Waals surface area contributed by atoms with Crippen molar-refractivity contribution in [1.29, 1.82) is 0 Å². The number of carbonyl (C=O) groups excluding carboxylic acids is 16. The van der Waals surface area contributed by atoms with Gasteiger partial charge in [-0.2, -0.15) is 29.6 Å². The summed E-state index contributed by atoms with van der Waals surface area (Å²) in [6, 6.07) is 16.2. The van der Waals surface area contributed by atoms with E-state index in [1.165, 1.54) is 39.0 Å². The SMILES string of the molecule is CCN1CCN(C(=O)NC(C(=O)C[C@H]2Cc3cccc(C)c3OB2O)C(CCl)CNS(N)(=O)=O)C(=O)C1=O.CCN1CCN(C(=O)NC(C(=O)C[C@H]2Cc3cccc(C)c3OB2O)C(CO)CNS(N)(=O)=O)C(=O)C1=O.CCN1CCN(C(=O)NC(C(=O)C[C@H]2Cc3cccc(C)c3OB2O)C2CN(S(N)(=O)=O)C2)C(=O)C1=O.CCN1CCN(C(=O)NC(C(=O)C[C@H]2Cc3cccc(C)c3OB2O)c2ccc(OC)cn2)C(=O)C1=O. The van der Waals surface area contributed by atoms with Gasteiger partial charge in [-0.15, -0.1) is 11.6 Å². The molecule has 9 aliphatic rings. The minimum atomic E-state index is -4.20. The normalized spacial score (nSPS) is 19.7. The van der Waals surface area contributed by atoms with Crippen molar-refractivity contribution in [3.63, 3.8) is 0 Å². The third-order valence-corrected chi connectivity index (χ3v) is 29.8. The molecule has 150 heavy (non-hydrogen) atoms. The molecule has 810 valence electrons. The number of rotatable bonds is 34. The van der Waals surface area contributed by atoms with Crippen molar-refractivity contribution in [1.82, 2.24) is 79.2 Å². The van der Waals surface area contributed by atoms with Gasteiger partial charge in [0.2, 0.25) is 0 Å². The number of nitrogens with one attached hydrogen (secondary N) is 6. The number of alkyl halides is 1. The average Bonchev–Trinajstić information content (AvgIpc) is 0.781. The third-order valence-electron chi connectivity index (χ3n) is 27.2. The molecule has 6 unspecified atom stereocenters. The van der Waals surface area contributed by atoms with E-state index in [4.69, 9.17) is 50.4 Å². The van der Waals surface area contributed by atoms with Crippen LogP contribution in [0.25, 0.3) is 0 Å². The quantitative estimate of drug-likeness (QED) is 0.0111. The number of likely N-dealkylation sites (N-methyl/N-ethyl adjacent to an activating group) is 4. The lowest BCUT2D eigenvalue weighted by molar-refractivity contribution is -0.153. The Bertz CT molecular complexity index is 6130. The number of imide groups is 4. The highest BCUT2D eigenvalue weighted by atomic mass is 35.5. The number of benzene rings is 4. The molecule has 0 aliphatic carbocycles. The van der Waals surface area contributed by atoms with E-state index < -0.39 is 232 Å². The van der Waals surface area contributed by atoms with Crippen LogP contribution in [0.15, 0.2) is 91.1 Å². The van der Waals surface area contributed by atoms with Crippen LogP contribution in [0.4, 0.5) is 19.2 Å². The summed E-state index contributed by atoms with van der Waals surface area (Å²) in [5.41, 5.74) is 6.91. The lowest BCUT2D eigenvalue weighted by Crippen LogP contribution is -2.65. The van der Waals surface area contributed by atoms with Gasteiger partial charge in [-0.3, -0.25) is 82.1 Å². The standard InChI is InChI=1S/C25H29BN4O7.C22H31BClN5O8S.C22H32BN5O9S.C22H30BN5O8S/c1-4-29-10-11-30(24(33)23(29)32)25(34)28-21(19-9-8-18(36-3)14-27-19)20(31)13-17-12-16-7-5-6-15(2)22(16)37-26(17)35;1-3-28-7-8-29(21(32)20(28)31)22(33)27-18(15(11-24)12-26-38(25,35)36)17(30)10-16-9-14-6-4-5-13(2)19(14)37-23(16)34;1-3-27-7-8-28(21(32)20(27)31)22(33)26-18(15(12-29)11-25-38(24,35)36)17(30)10-16-9-14-6-4-5-13(2)19(14)37-23(16)34;1-3-26-7-8-28(21(31)20(26)30)22(32)25-18(15-11-27(12-15)37(24,34)35)17(29)10-16-9-14-6-4-5-13(2)19(14)36-23(16)33/h5-9,14,17,21,35H,4,10-13H2,1-3H3,(H,28,34);4-6,15-16,18,26,34H,3,7-12H2,1-2H3,(H,27,33)(H2,25,35,36);4-6,15-16,18,25,29,34H,3,7-12H2,1-2H3,(H,26,33)(H2,24,35,36);4-6,15-16,18,33H,3,7-12H2,1-2H3,(H,25,32)(H2,24,34,35)/t17-,21?;2*15?,16-,18?;16-,18?/m1111/s1. The number of nitrogens with zero attached hydrogens (tertiary/aromatic N) is 10. The molecule has 10 heterocycles. The molecule has 9 aliphatic heterocycles. The number of halogens is 1. The molecule has 16 amide bonds. The molecule has 4 aromatic carbocycles. The number of pyridine rings is 1. The number of hydrogen-bond donors (Lipinski definition) is 14. The van der Waals surface area contributed by atoms with Crippen LogP contribution in [0.5, 0.6) is 28.7 Å². The first-order chi connectivity index (χ1) is 70.8. The molecule has 0 radical (unpaired) electrons. The number of Topliss-reactive ketones (excluding diaryl/α,β-unsaturated/α-hetero) is 4.